The van der Waals surface area contributed by atoms with Gasteiger partial charge in [0.15, 0.2) is 5.78 Å². The van der Waals surface area contributed by atoms with E-state index >= 15 is 0 Å². The van der Waals surface area contributed by atoms with Crippen LogP contribution in [0, 0.1) is 6.92 Å². The van der Waals surface area contributed by atoms with Crippen molar-refractivity contribution < 1.29 is 22.7 Å². The summed E-state index contributed by atoms with van der Waals surface area (Å²) in [5.74, 6) is -0.0811. The Hall–Kier alpha value is -2.71. The molecule has 154 valence electrons. The summed E-state index contributed by atoms with van der Waals surface area (Å²) in [7, 11) is -2.40. The van der Waals surface area contributed by atoms with Gasteiger partial charge < -0.3 is 10.1 Å². The molecule has 1 N–H and O–H groups in total. The molecule has 0 spiro atoms. The van der Waals surface area contributed by atoms with Crippen LogP contribution in [0.3, 0.4) is 0 Å². The number of hydrogen-bond donors (Lipinski definition) is 1. The fourth-order valence-corrected chi connectivity index (χ4v) is 5.34. The molecule has 7 nitrogen and oxygen atoms in total. The molecule has 1 amide bonds. The molecule has 2 aromatic rings. The second-order valence-electron chi connectivity index (χ2n) is 7.03. The minimum Gasteiger partial charge on any atom is -0.497 e. The van der Waals surface area contributed by atoms with Crippen LogP contribution in [0.4, 0.5) is 5.69 Å². The first-order valence-corrected chi connectivity index (χ1v) is 10.8. The number of ketones is 1. The van der Waals surface area contributed by atoms with E-state index in [9.17, 15) is 18.0 Å². The van der Waals surface area contributed by atoms with Crippen LogP contribution in [0.5, 0.6) is 5.75 Å². The zero-order chi connectivity index (χ0) is 21.2. The summed E-state index contributed by atoms with van der Waals surface area (Å²) in [5, 5.41) is 2.75. The Morgan fingerprint density at radius 1 is 1.17 bits per heavy atom. The summed E-state index contributed by atoms with van der Waals surface area (Å²) >= 11 is 0. The number of nitrogens with zero attached hydrogens (tertiary/aromatic N) is 1. The first-order valence-electron chi connectivity index (χ1n) is 9.32. The van der Waals surface area contributed by atoms with Crippen LogP contribution < -0.4 is 10.1 Å². The zero-order valence-electron chi connectivity index (χ0n) is 16.6. The van der Waals surface area contributed by atoms with Crippen molar-refractivity contribution in [3.8, 4) is 5.75 Å². The Kier molecular flexibility index (Phi) is 6.04. The molecule has 1 aliphatic rings. The van der Waals surface area contributed by atoms with Gasteiger partial charge in [0.05, 0.1) is 12.0 Å². The highest BCUT2D eigenvalue weighted by atomic mass is 32.2. The van der Waals surface area contributed by atoms with Crippen LogP contribution in [-0.4, -0.2) is 44.1 Å². The number of rotatable bonds is 6. The quantitative estimate of drug-likeness (QED) is 0.731. The van der Waals surface area contributed by atoms with Gasteiger partial charge >= 0.3 is 0 Å². The molecule has 0 aliphatic carbocycles. The van der Waals surface area contributed by atoms with Crippen LogP contribution in [0.2, 0.25) is 0 Å². The molecule has 3 rings (SSSR count). The maximum absolute atomic E-state index is 13.3. The van der Waals surface area contributed by atoms with E-state index in [-0.39, 0.29) is 17.2 Å². The topological polar surface area (TPSA) is 92.8 Å². The normalized spacial score (nSPS) is 17.1. The highest BCUT2D eigenvalue weighted by Gasteiger charge is 2.40. The lowest BCUT2D eigenvalue weighted by Gasteiger charge is -2.24. The number of nitrogens with one attached hydrogen (secondary N) is 1. The lowest BCUT2D eigenvalue weighted by Crippen LogP contribution is -2.43. The van der Waals surface area contributed by atoms with Crippen molar-refractivity contribution in [1.29, 1.82) is 0 Å². The predicted molar refractivity (Wildman–Crippen MR) is 110 cm³/mol. The number of anilines is 1. The Balaban J connectivity index is 1.86. The molecule has 1 saturated heterocycles. The lowest BCUT2D eigenvalue weighted by molar-refractivity contribution is -0.119. The molecule has 1 aliphatic heterocycles. The van der Waals surface area contributed by atoms with Gasteiger partial charge in [-0.1, -0.05) is 18.2 Å². The Labute approximate surface area is 170 Å². The molecule has 0 bridgehead atoms. The summed E-state index contributed by atoms with van der Waals surface area (Å²) in [6.45, 7) is 3.43. The highest BCUT2D eigenvalue weighted by molar-refractivity contribution is 7.89. The molecule has 29 heavy (non-hydrogen) atoms. The molecule has 0 saturated carbocycles. The number of Topliss-reactive ketones (excluding diaryl/α,β-unsaturated/α-hetero) is 1. The number of benzene rings is 2. The van der Waals surface area contributed by atoms with Gasteiger partial charge in [-0.05, 0) is 50.5 Å². The SMILES string of the molecule is COc1ccc(C)c(S(=O)(=O)N2CCC[C@@H]2C(=O)Nc2cccc(C(C)=O)c2)c1. The molecule has 1 fully saturated rings. The molecule has 2 aromatic carbocycles. The standard InChI is InChI=1S/C21H24N2O5S/c1-14-9-10-18(28-3)13-20(14)29(26,27)23-11-5-8-19(23)21(25)22-17-7-4-6-16(12-17)15(2)24/h4,6-7,9-10,12-13,19H,5,8,11H2,1-3H3,(H,22,25)/t19-/m1/s1. The molecule has 0 unspecified atom stereocenters. The number of aryl methyl sites for hydroxylation is 1. The van der Waals surface area contributed by atoms with Gasteiger partial charge in [0.1, 0.15) is 11.8 Å². The third-order valence-corrected chi connectivity index (χ3v) is 7.08. The molecular formula is C21H24N2O5S. The minimum atomic E-state index is -3.87. The summed E-state index contributed by atoms with van der Waals surface area (Å²) in [4.78, 5) is 24.6. The van der Waals surface area contributed by atoms with Crippen molar-refractivity contribution in [2.75, 3.05) is 19.0 Å². The molecular weight excluding hydrogens is 392 g/mol. The number of amides is 1. The van der Waals surface area contributed by atoms with Crippen molar-refractivity contribution in [3.05, 3.63) is 53.6 Å². The summed E-state index contributed by atoms with van der Waals surface area (Å²) < 4.78 is 33.0. The number of carbonyl (C=O) groups is 2. The Morgan fingerprint density at radius 3 is 2.62 bits per heavy atom. The highest BCUT2D eigenvalue weighted by Crippen LogP contribution is 2.30. The smallest absolute Gasteiger partial charge is 0.244 e. The van der Waals surface area contributed by atoms with E-state index < -0.39 is 22.0 Å². The van der Waals surface area contributed by atoms with Crippen LogP contribution in [0.15, 0.2) is 47.4 Å². The first kappa shape index (κ1) is 21.0. The van der Waals surface area contributed by atoms with E-state index in [1.807, 2.05) is 0 Å². The second-order valence-corrected chi connectivity index (χ2v) is 8.89. The van der Waals surface area contributed by atoms with E-state index in [2.05, 4.69) is 5.32 Å². The molecule has 1 heterocycles. The van der Waals surface area contributed by atoms with Gasteiger partial charge in [0.25, 0.3) is 0 Å². The number of hydrogen-bond acceptors (Lipinski definition) is 5. The van der Waals surface area contributed by atoms with E-state index in [1.165, 1.54) is 24.4 Å². The van der Waals surface area contributed by atoms with Gasteiger partial charge in [-0.3, -0.25) is 9.59 Å². The van der Waals surface area contributed by atoms with Crippen molar-refractivity contribution in [2.45, 2.75) is 37.6 Å². The van der Waals surface area contributed by atoms with E-state index in [4.69, 9.17) is 4.74 Å². The summed E-state index contributed by atoms with van der Waals surface area (Å²) in [5.41, 5.74) is 1.53. The molecule has 0 radical (unpaired) electrons. The maximum Gasteiger partial charge on any atom is 0.244 e. The Morgan fingerprint density at radius 2 is 1.93 bits per heavy atom. The van der Waals surface area contributed by atoms with Crippen molar-refractivity contribution in [1.82, 2.24) is 4.31 Å². The van der Waals surface area contributed by atoms with Crippen LogP contribution in [-0.2, 0) is 14.8 Å². The average Bonchev–Trinajstić information content (AvgIpc) is 3.19. The molecule has 1 atom stereocenters. The van der Waals surface area contributed by atoms with Gasteiger partial charge in [0.2, 0.25) is 15.9 Å². The molecule has 0 aromatic heterocycles. The fourth-order valence-electron chi connectivity index (χ4n) is 3.44. The number of ether oxygens (including phenoxy) is 1. The lowest BCUT2D eigenvalue weighted by atomic mass is 10.1. The summed E-state index contributed by atoms with van der Waals surface area (Å²) in [6, 6.07) is 10.6. The number of methoxy groups -OCH3 is 1. The van der Waals surface area contributed by atoms with Crippen LogP contribution >= 0.6 is 0 Å². The second kappa shape index (κ2) is 8.34. The van der Waals surface area contributed by atoms with Crippen LogP contribution in [0.25, 0.3) is 0 Å². The number of sulfonamides is 1. The van der Waals surface area contributed by atoms with Gasteiger partial charge in [-0.25, -0.2) is 8.42 Å². The maximum atomic E-state index is 13.3. The van der Waals surface area contributed by atoms with Gasteiger partial charge in [-0.15, -0.1) is 0 Å². The Bertz CT molecular complexity index is 1050. The number of carbonyl (C=O) groups excluding carboxylic acids is 2. The zero-order valence-corrected chi connectivity index (χ0v) is 17.5. The van der Waals surface area contributed by atoms with Crippen molar-refractivity contribution in [2.24, 2.45) is 0 Å². The monoisotopic (exact) mass is 416 g/mol. The van der Waals surface area contributed by atoms with Crippen LogP contribution in [0.1, 0.15) is 35.7 Å². The van der Waals surface area contributed by atoms with E-state index in [0.717, 1.165) is 0 Å². The van der Waals surface area contributed by atoms with Gasteiger partial charge in [0, 0.05) is 23.9 Å². The van der Waals surface area contributed by atoms with E-state index in [0.29, 0.717) is 35.4 Å². The predicted octanol–water partition coefficient (Wildman–Crippen LogP) is 3.00. The molecule has 8 heteroatoms. The fraction of sp³-hybridized carbons (Fsp3) is 0.333. The third-order valence-electron chi connectivity index (χ3n) is 5.02. The largest absolute Gasteiger partial charge is 0.497 e. The summed E-state index contributed by atoms with van der Waals surface area (Å²) in [6.07, 6.45) is 1.02. The van der Waals surface area contributed by atoms with E-state index in [1.54, 1.807) is 43.3 Å². The van der Waals surface area contributed by atoms with Gasteiger partial charge in [-0.2, -0.15) is 4.31 Å². The van der Waals surface area contributed by atoms with Crippen molar-refractivity contribution >= 4 is 27.4 Å². The first-order chi connectivity index (χ1) is 13.7. The average molecular weight is 416 g/mol. The third kappa shape index (κ3) is 4.33. The van der Waals surface area contributed by atoms with Crippen molar-refractivity contribution in [3.63, 3.8) is 0 Å². The minimum absolute atomic E-state index is 0.111.